The Labute approximate surface area is 131 Å². The molecule has 2 aromatic carbocycles. The Kier molecular flexibility index (Phi) is 4.06. The largest absolute Gasteiger partial charge is 0.507 e. The fourth-order valence-corrected chi connectivity index (χ4v) is 2.69. The number of para-hydroxylation sites is 1. The topological polar surface area (TPSA) is 48.4 Å². The van der Waals surface area contributed by atoms with Crippen molar-refractivity contribution in [3.8, 4) is 5.75 Å². The van der Waals surface area contributed by atoms with Crippen molar-refractivity contribution < 1.29 is 5.11 Å². The van der Waals surface area contributed by atoms with E-state index in [4.69, 9.17) is 0 Å². The molecule has 3 rings (SSSR count). The summed E-state index contributed by atoms with van der Waals surface area (Å²) < 4.78 is 0.929. The van der Waals surface area contributed by atoms with Crippen molar-refractivity contribution in [2.24, 2.45) is 4.99 Å². The molecule has 106 valence electrons. The number of rotatable bonds is 4. The van der Waals surface area contributed by atoms with Crippen LogP contribution in [-0.4, -0.2) is 22.8 Å². The van der Waals surface area contributed by atoms with Crippen LogP contribution < -0.4 is 0 Å². The smallest absolute Gasteiger partial charge is 0.124 e. The van der Waals surface area contributed by atoms with Crippen molar-refractivity contribution >= 4 is 33.0 Å². The number of aromatic hydroxyl groups is 1. The molecule has 0 radical (unpaired) electrons. The summed E-state index contributed by atoms with van der Waals surface area (Å²) in [6.45, 7) is 0.688. The molecule has 0 aliphatic heterocycles. The van der Waals surface area contributed by atoms with Crippen LogP contribution in [0.5, 0.6) is 5.75 Å². The van der Waals surface area contributed by atoms with Crippen molar-refractivity contribution in [1.82, 2.24) is 4.98 Å². The van der Waals surface area contributed by atoms with Crippen LogP contribution in [0.1, 0.15) is 11.1 Å². The third-order valence-corrected chi connectivity index (χ3v) is 3.90. The highest BCUT2D eigenvalue weighted by molar-refractivity contribution is 9.10. The molecule has 0 amide bonds. The first kappa shape index (κ1) is 13.9. The summed E-state index contributed by atoms with van der Waals surface area (Å²) in [5.74, 6) is 0.244. The van der Waals surface area contributed by atoms with E-state index in [-0.39, 0.29) is 5.75 Å². The Hall–Kier alpha value is -2.07. The minimum absolute atomic E-state index is 0.244. The standard InChI is InChI=1S/C17H15BrN2O/c18-14-5-6-17(21)13(9-14)10-19-8-7-12-11-20-16-4-2-1-3-15(12)16/h1-6,9-11,20-21H,7-8H2. The first-order chi connectivity index (χ1) is 10.2. The first-order valence-electron chi connectivity index (χ1n) is 6.77. The van der Waals surface area contributed by atoms with Gasteiger partial charge in [-0.05, 0) is 36.2 Å². The maximum Gasteiger partial charge on any atom is 0.124 e. The van der Waals surface area contributed by atoms with E-state index >= 15 is 0 Å². The van der Waals surface area contributed by atoms with Crippen LogP contribution in [0.2, 0.25) is 0 Å². The molecule has 1 aromatic heterocycles. The van der Waals surface area contributed by atoms with E-state index in [0.29, 0.717) is 6.54 Å². The molecule has 0 fully saturated rings. The SMILES string of the molecule is Oc1ccc(Br)cc1C=NCCc1c[nH]c2ccccc12. The van der Waals surface area contributed by atoms with Gasteiger partial charge in [0.15, 0.2) is 0 Å². The molecule has 3 aromatic rings. The molecule has 1 heterocycles. The Bertz CT molecular complexity index is 792. The molecular weight excluding hydrogens is 328 g/mol. The van der Waals surface area contributed by atoms with Crippen LogP contribution in [0, 0.1) is 0 Å². The number of hydrogen-bond acceptors (Lipinski definition) is 2. The number of phenols is 1. The summed E-state index contributed by atoms with van der Waals surface area (Å²) >= 11 is 3.39. The number of nitrogens with zero attached hydrogens (tertiary/aromatic N) is 1. The van der Waals surface area contributed by atoms with Gasteiger partial charge in [-0.3, -0.25) is 4.99 Å². The van der Waals surface area contributed by atoms with Crippen LogP contribution >= 0.6 is 15.9 Å². The number of halogens is 1. The van der Waals surface area contributed by atoms with Crippen molar-refractivity contribution in [2.45, 2.75) is 6.42 Å². The van der Waals surface area contributed by atoms with Gasteiger partial charge in [-0.1, -0.05) is 34.1 Å². The zero-order valence-electron chi connectivity index (χ0n) is 11.4. The molecule has 0 saturated heterocycles. The predicted molar refractivity (Wildman–Crippen MR) is 90.3 cm³/mol. The number of nitrogens with one attached hydrogen (secondary N) is 1. The molecule has 0 bridgehead atoms. The zero-order valence-corrected chi connectivity index (χ0v) is 13.0. The van der Waals surface area contributed by atoms with Gasteiger partial charge in [0.05, 0.1) is 0 Å². The number of benzene rings is 2. The summed E-state index contributed by atoms with van der Waals surface area (Å²) in [5.41, 5.74) is 3.14. The lowest BCUT2D eigenvalue weighted by atomic mass is 10.1. The molecule has 0 aliphatic rings. The van der Waals surface area contributed by atoms with E-state index in [1.54, 1.807) is 18.3 Å². The molecule has 0 saturated carbocycles. The summed E-state index contributed by atoms with van der Waals surface area (Å²) in [7, 11) is 0. The molecule has 0 unspecified atom stereocenters. The van der Waals surface area contributed by atoms with Gasteiger partial charge < -0.3 is 10.1 Å². The van der Waals surface area contributed by atoms with Crippen molar-refractivity contribution in [2.75, 3.05) is 6.54 Å². The second kappa shape index (κ2) is 6.14. The molecule has 2 N–H and O–H groups in total. The highest BCUT2D eigenvalue weighted by atomic mass is 79.9. The molecule has 0 atom stereocenters. The number of phenolic OH excluding ortho intramolecular Hbond substituents is 1. The van der Waals surface area contributed by atoms with E-state index in [1.807, 2.05) is 24.4 Å². The molecule has 21 heavy (non-hydrogen) atoms. The number of hydrogen-bond donors (Lipinski definition) is 2. The fraction of sp³-hybridized carbons (Fsp3) is 0.118. The van der Waals surface area contributed by atoms with Crippen LogP contribution in [0.3, 0.4) is 0 Å². The van der Waals surface area contributed by atoms with Crippen LogP contribution in [0.4, 0.5) is 0 Å². The molecule has 0 spiro atoms. The van der Waals surface area contributed by atoms with Crippen LogP contribution in [0.15, 0.2) is 58.1 Å². The average Bonchev–Trinajstić information content (AvgIpc) is 2.90. The van der Waals surface area contributed by atoms with Crippen molar-refractivity contribution in [3.05, 3.63) is 64.3 Å². The van der Waals surface area contributed by atoms with Crippen molar-refractivity contribution in [3.63, 3.8) is 0 Å². The third-order valence-electron chi connectivity index (χ3n) is 3.41. The highest BCUT2D eigenvalue weighted by Gasteiger charge is 2.02. The molecule has 0 aliphatic carbocycles. The lowest BCUT2D eigenvalue weighted by molar-refractivity contribution is 0.474. The van der Waals surface area contributed by atoms with E-state index in [2.05, 4.69) is 38.0 Å². The zero-order chi connectivity index (χ0) is 14.7. The van der Waals surface area contributed by atoms with Gasteiger partial charge in [-0.25, -0.2) is 0 Å². The van der Waals surface area contributed by atoms with E-state index in [0.717, 1.165) is 22.0 Å². The normalized spacial score (nSPS) is 11.5. The Balaban J connectivity index is 1.68. The van der Waals surface area contributed by atoms with Gasteiger partial charge in [0, 0.05) is 39.9 Å². The quantitative estimate of drug-likeness (QED) is 0.682. The van der Waals surface area contributed by atoms with E-state index in [1.165, 1.54) is 10.9 Å². The monoisotopic (exact) mass is 342 g/mol. The lowest BCUT2D eigenvalue weighted by Gasteiger charge is -1.99. The fourth-order valence-electron chi connectivity index (χ4n) is 2.32. The van der Waals surface area contributed by atoms with Crippen LogP contribution in [0.25, 0.3) is 10.9 Å². The minimum Gasteiger partial charge on any atom is -0.507 e. The Morgan fingerprint density at radius 1 is 1.19 bits per heavy atom. The Morgan fingerprint density at radius 3 is 2.95 bits per heavy atom. The van der Waals surface area contributed by atoms with Gasteiger partial charge in [0.25, 0.3) is 0 Å². The van der Waals surface area contributed by atoms with E-state index < -0.39 is 0 Å². The van der Waals surface area contributed by atoms with E-state index in [9.17, 15) is 5.11 Å². The summed E-state index contributed by atoms with van der Waals surface area (Å²) in [4.78, 5) is 7.67. The van der Waals surface area contributed by atoms with Gasteiger partial charge in [0.1, 0.15) is 5.75 Å². The highest BCUT2D eigenvalue weighted by Crippen LogP contribution is 2.20. The third kappa shape index (κ3) is 3.16. The second-order valence-corrected chi connectivity index (χ2v) is 5.76. The predicted octanol–water partition coefficient (Wildman–Crippen LogP) is 4.30. The van der Waals surface area contributed by atoms with Gasteiger partial charge in [-0.15, -0.1) is 0 Å². The summed E-state index contributed by atoms with van der Waals surface area (Å²) in [5, 5.41) is 11.0. The maximum atomic E-state index is 9.74. The van der Waals surface area contributed by atoms with Crippen LogP contribution in [-0.2, 0) is 6.42 Å². The lowest BCUT2D eigenvalue weighted by Crippen LogP contribution is -1.90. The number of aromatic amines is 1. The second-order valence-electron chi connectivity index (χ2n) is 4.85. The minimum atomic E-state index is 0.244. The van der Waals surface area contributed by atoms with Crippen molar-refractivity contribution in [1.29, 1.82) is 0 Å². The first-order valence-corrected chi connectivity index (χ1v) is 7.56. The number of aliphatic imine (C=N–C) groups is 1. The number of aromatic nitrogens is 1. The average molecular weight is 343 g/mol. The van der Waals surface area contributed by atoms with Gasteiger partial charge >= 0.3 is 0 Å². The summed E-state index contributed by atoms with van der Waals surface area (Å²) in [6, 6.07) is 13.6. The van der Waals surface area contributed by atoms with Gasteiger partial charge in [0.2, 0.25) is 0 Å². The molecular formula is C17H15BrN2O. The maximum absolute atomic E-state index is 9.74. The number of fused-ring (bicyclic) bond motifs is 1. The Morgan fingerprint density at radius 2 is 2.05 bits per heavy atom. The molecule has 3 nitrogen and oxygen atoms in total. The molecule has 4 heteroatoms. The number of H-pyrrole nitrogens is 1. The van der Waals surface area contributed by atoms with Gasteiger partial charge in [-0.2, -0.15) is 0 Å². The summed E-state index contributed by atoms with van der Waals surface area (Å²) in [6.07, 6.45) is 4.63.